The molecule has 24 heavy (non-hydrogen) atoms. The average molecular weight is 360 g/mol. The fraction of sp³-hybridized carbons (Fsp3) is 0.476. The normalized spacial score (nSPS) is 19.8. The Bertz CT molecular complexity index is 539. The average Bonchev–Trinajstić information content (AvgIpc) is 2.93. The van der Waals surface area contributed by atoms with Crippen molar-refractivity contribution in [3.63, 3.8) is 0 Å². The van der Waals surface area contributed by atoms with Crippen molar-refractivity contribution in [2.45, 2.75) is 64.4 Å². The van der Waals surface area contributed by atoms with Gasteiger partial charge in [-0.1, -0.05) is 79.2 Å². The summed E-state index contributed by atoms with van der Waals surface area (Å²) in [5, 5.41) is 1.42. The molecular weight excluding hydrogens is 330 g/mol. The van der Waals surface area contributed by atoms with Crippen LogP contribution in [-0.4, -0.2) is 16.0 Å². The molecule has 1 aliphatic rings. The van der Waals surface area contributed by atoms with E-state index in [-0.39, 0.29) is 18.2 Å². The van der Waals surface area contributed by atoms with E-state index in [1.54, 1.807) is 0 Å². The van der Waals surface area contributed by atoms with Crippen molar-refractivity contribution >= 4 is 21.0 Å². The standard InChI is InChI=1S/C21H30OP2/c1-16(24(20(2,3)4)21(5,6)7)18-14-11-15-19(18)23(22)17-12-9-8-10-13-17/h8-16H,1-7H3/q+1. The Labute approximate surface area is 151 Å². The molecule has 1 saturated carbocycles. The second-order valence-electron chi connectivity index (χ2n) is 8.38. The van der Waals surface area contributed by atoms with E-state index in [9.17, 15) is 4.57 Å². The van der Waals surface area contributed by atoms with Gasteiger partial charge in [-0.25, -0.2) is 0 Å². The van der Waals surface area contributed by atoms with Crippen LogP contribution in [0.2, 0.25) is 0 Å². The maximum atomic E-state index is 13.1. The third-order valence-corrected chi connectivity index (χ3v) is 9.87. The highest BCUT2D eigenvalue weighted by Gasteiger charge is 2.52. The molecule has 1 fully saturated rings. The van der Waals surface area contributed by atoms with E-state index in [2.05, 4.69) is 67.7 Å². The summed E-state index contributed by atoms with van der Waals surface area (Å²) in [4.78, 5) is 0. The van der Waals surface area contributed by atoms with E-state index < -0.39 is 7.80 Å². The van der Waals surface area contributed by atoms with Crippen LogP contribution in [0, 0.1) is 30.8 Å². The van der Waals surface area contributed by atoms with Gasteiger partial charge < -0.3 is 0 Å². The van der Waals surface area contributed by atoms with Crippen molar-refractivity contribution in [1.29, 1.82) is 0 Å². The molecule has 0 aromatic heterocycles. The molecule has 3 heteroatoms. The van der Waals surface area contributed by atoms with Gasteiger partial charge in [0.15, 0.2) is 5.30 Å². The van der Waals surface area contributed by atoms with Crippen LogP contribution < -0.4 is 5.30 Å². The van der Waals surface area contributed by atoms with E-state index in [1.165, 1.54) is 5.92 Å². The predicted molar refractivity (Wildman–Crippen MR) is 109 cm³/mol. The minimum absolute atomic E-state index is 0.250. The molecule has 1 aromatic rings. The molecule has 1 nitrogen and oxygen atoms in total. The summed E-state index contributed by atoms with van der Waals surface area (Å²) in [7, 11) is -1.82. The zero-order valence-corrected chi connectivity index (χ0v) is 17.8. The molecule has 2 unspecified atom stereocenters. The Hall–Kier alpha value is -0.250. The summed E-state index contributed by atoms with van der Waals surface area (Å²) in [6, 6.07) is 9.84. The molecule has 129 valence electrons. The van der Waals surface area contributed by atoms with Crippen LogP contribution in [-0.2, 0) is 4.57 Å². The van der Waals surface area contributed by atoms with Gasteiger partial charge in [0.2, 0.25) is 5.66 Å². The fourth-order valence-corrected chi connectivity index (χ4v) is 10.4. The molecule has 0 aliphatic heterocycles. The second kappa shape index (κ2) is 7.55. The van der Waals surface area contributed by atoms with Crippen molar-refractivity contribution in [2.75, 3.05) is 0 Å². The van der Waals surface area contributed by atoms with Gasteiger partial charge >= 0.3 is 7.80 Å². The van der Waals surface area contributed by atoms with Crippen molar-refractivity contribution in [1.82, 2.24) is 0 Å². The first-order valence-corrected chi connectivity index (χ1v) is 11.3. The summed E-state index contributed by atoms with van der Waals surface area (Å²) in [5.74, 6) is 1.27. The van der Waals surface area contributed by atoms with Gasteiger partial charge in [0.05, 0.1) is 0 Å². The van der Waals surface area contributed by atoms with Gasteiger partial charge in [-0.2, -0.15) is 0 Å². The van der Waals surface area contributed by atoms with Crippen LogP contribution in [0.25, 0.3) is 0 Å². The van der Waals surface area contributed by atoms with Gasteiger partial charge in [-0.15, -0.1) is 0 Å². The topological polar surface area (TPSA) is 17.1 Å². The lowest BCUT2D eigenvalue weighted by molar-refractivity contribution is 0.593. The van der Waals surface area contributed by atoms with E-state index >= 15 is 0 Å². The lowest BCUT2D eigenvalue weighted by Crippen LogP contribution is -2.33. The molecule has 0 saturated heterocycles. The highest BCUT2D eigenvalue weighted by Crippen LogP contribution is 2.67. The molecule has 2 rings (SSSR count). The Balaban J connectivity index is 2.27. The SMILES string of the molecule is CC([C]1[CH][CH][CH][C]1[P+](=O)c1ccccc1)P(C(C)(C)C)C(C)(C)C. The molecule has 0 bridgehead atoms. The minimum atomic E-state index is -1.52. The van der Waals surface area contributed by atoms with Crippen molar-refractivity contribution < 1.29 is 4.57 Å². The highest BCUT2D eigenvalue weighted by molar-refractivity contribution is 7.62. The van der Waals surface area contributed by atoms with E-state index in [1.807, 2.05) is 30.3 Å². The molecule has 0 N–H and O–H groups in total. The van der Waals surface area contributed by atoms with E-state index in [0.29, 0.717) is 5.66 Å². The van der Waals surface area contributed by atoms with Gasteiger partial charge in [0.1, 0.15) is 0 Å². The van der Waals surface area contributed by atoms with Crippen molar-refractivity contribution in [2.24, 2.45) is 0 Å². The summed E-state index contributed by atoms with van der Waals surface area (Å²) in [5.41, 5.74) is 1.44. The first-order valence-electron chi connectivity index (χ1n) is 8.61. The molecule has 0 amide bonds. The zero-order chi connectivity index (χ0) is 18.1. The molecule has 2 atom stereocenters. The summed E-state index contributed by atoms with van der Waals surface area (Å²) in [6.07, 6.45) is 6.30. The monoisotopic (exact) mass is 360 g/mol. The van der Waals surface area contributed by atoms with Gasteiger partial charge in [0.25, 0.3) is 0 Å². The fourth-order valence-electron chi connectivity index (χ4n) is 3.97. The quantitative estimate of drug-likeness (QED) is 0.573. The number of rotatable bonds is 4. The lowest BCUT2D eigenvalue weighted by atomic mass is 10.0. The van der Waals surface area contributed by atoms with Crippen LogP contribution in [0.4, 0.5) is 0 Å². The molecule has 0 heterocycles. The largest absolute Gasteiger partial charge is 0.389 e. The summed E-state index contributed by atoms with van der Waals surface area (Å²) >= 11 is 0. The number of benzene rings is 1. The Kier molecular flexibility index (Phi) is 6.31. The van der Waals surface area contributed by atoms with Crippen molar-refractivity contribution in [3.8, 4) is 0 Å². The van der Waals surface area contributed by atoms with Gasteiger partial charge in [-0.3, -0.25) is 0 Å². The lowest BCUT2D eigenvalue weighted by Gasteiger charge is -2.47. The van der Waals surface area contributed by atoms with Crippen molar-refractivity contribution in [3.05, 3.63) is 61.2 Å². The summed E-state index contributed by atoms with van der Waals surface area (Å²) in [6.45, 7) is 16.4. The molecule has 1 aliphatic carbocycles. The molecular formula is C21H30OP2+. The zero-order valence-electron chi connectivity index (χ0n) is 16.0. The molecule has 1 aromatic carbocycles. The number of hydrogen-bond acceptors (Lipinski definition) is 1. The highest BCUT2D eigenvalue weighted by atomic mass is 31.1. The maximum absolute atomic E-state index is 13.1. The third kappa shape index (κ3) is 4.47. The minimum Gasteiger partial charge on any atom is -0.0919 e. The van der Waals surface area contributed by atoms with Gasteiger partial charge in [0, 0.05) is 12.3 Å². The smallest absolute Gasteiger partial charge is 0.0919 e. The van der Waals surface area contributed by atoms with E-state index in [0.717, 1.165) is 11.0 Å². The third-order valence-electron chi connectivity index (χ3n) is 4.32. The predicted octanol–water partition coefficient (Wildman–Crippen LogP) is 6.34. The Morgan fingerprint density at radius 3 is 1.96 bits per heavy atom. The van der Waals surface area contributed by atoms with Crippen LogP contribution in [0.5, 0.6) is 0 Å². The Morgan fingerprint density at radius 2 is 1.46 bits per heavy atom. The van der Waals surface area contributed by atoms with E-state index in [4.69, 9.17) is 0 Å². The summed E-state index contributed by atoms with van der Waals surface area (Å²) < 4.78 is 13.1. The van der Waals surface area contributed by atoms with Gasteiger partial charge in [-0.05, 0) is 40.9 Å². The van der Waals surface area contributed by atoms with Crippen LogP contribution >= 0.6 is 15.7 Å². The number of hydrogen-bond donors (Lipinski definition) is 0. The first-order chi connectivity index (χ1) is 11.0. The second-order valence-corrected chi connectivity index (χ2v) is 14.2. The Morgan fingerprint density at radius 1 is 0.917 bits per heavy atom. The van der Waals surface area contributed by atoms with Crippen LogP contribution in [0.1, 0.15) is 48.5 Å². The molecule has 0 spiro atoms. The van der Waals surface area contributed by atoms with Crippen LogP contribution in [0.3, 0.4) is 0 Å². The molecule has 5 radical (unpaired) electrons. The van der Waals surface area contributed by atoms with Crippen LogP contribution in [0.15, 0.2) is 30.3 Å². The maximum Gasteiger partial charge on any atom is 0.389 e. The first kappa shape index (κ1) is 20.1.